The lowest BCUT2D eigenvalue weighted by molar-refractivity contribution is 0.249. The van der Waals surface area contributed by atoms with Crippen LogP contribution in [0.3, 0.4) is 0 Å². The fraction of sp³-hybridized carbons (Fsp3) is 0. The predicted octanol–water partition coefficient (Wildman–Crippen LogP) is 1.38. The number of hydrazone groups is 1. The Morgan fingerprint density at radius 2 is 2.35 bits per heavy atom. The van der Waals surface area contributed by atoms with E-state index >= 15 is 0 Å². The van der Waals surface area contributed by atoms with E-state index in [9.17, 15) is 9.18 Å². The summed E-state index contributed by atoms with van der Waals surface area (Å²) in [5.41, 5.74) is 7.62. The van der Waals surface area contributed by atoms with Gasteiger partial charge in [0.1, 0.15) is 5.82 Å². The predicted molar refractivity (Wildman–Crippen MR) is 62.0 cm³/mol. The van der Waals surface area contributed by atoms with Gasteiger partial charge in [-0.3, -0.25) is 4.98 Å². The Balaban J connectivity index is 2.37. The number of nitrogens with two attached hydrogens (primary N) is 1. The number of amides is 2. The minimum Gasteiger partial charge on any atom is -0.350 e. The number of aromatic nitrogens is 1. The van der Waals surface area contributed by atoms with Crippen LogP contribution in [0.15, 0.2) is 35.6 Å². The van der Waals surface area contributed by atoms with Crippen LogP contribution < -0.4 is 11.2 Å². The number of urea groups is 1. The molecule has 5 nitrogen and oxygen atoms in total. The second kappa shape index (κ2) is 4.56. The van der Waals surface area contributed by atoms with Gasteiger partial charge in [-0.15, -0.1) is 0 Å². The summed E-state index contributed by atoms with van der Waals surface area (Å²) in [7, 11) is 0. The average Bonchev–Trinajstić information content (AvgIpc) is 2.29. The Morgan fingerprint density at radius 3 is 3.12 bits per heavy atom. The number of hydrogen-bond donors (Lipinski definition) is 2. The van der Waals surface area contributed by atoms with Crippen molar-refractivity contribution in [3.8, 4) is 0 Å². The first-order chi connectivity index (χ1) is 8.16. The molecule has 6 heteroatoms. The number of carbonyl (C=O) groups is 1. The van der Waals surface area contributed by atoms with Crippen molar-refractivity contribution >= 4 is 23.1 Å². The Morgan fingerprint density at radius 1 is 1.53 bits per heavy atom. The van der Waals surface area contributed by atoms with Crippen LogP contribution in [0.5, 0.6) is 0 Å². The topological polar surface area (TPSA) is 80.4 Å². The molecule has 0 bridgehead atoms. The fourth-order valence-corrected chi connectivity index (χ4v) is 1.38. The van der Waals surface area contributed by atoms with Crippen LogP contribution in [0, 0.1) is 5.82 Å². The molecule has 2 aromatic rings. The van der Waals surface area contributed by atoms with Gasteiger partial charge in [-0.1, -0.05) is 6.07 Å². The van der Waals surface area contributed by atoms with E-state index in [4.69, 9.17) is 5.73 Å². The molecule has 0 radical (unpaired) electrons. The lowest BCUT2D eigenvalue weighted by Gasteiger charge is -2.00. The molecule has 0 saturated carbocycles. The molecule has 0 atom stereocenters. The first-order valence-electron chi connectivity index (χ1n) is 4.79. The summed E-state index contributed by atoms with van der Waals surface area (Å²) in [5.74, 6) is -0.466. The summed E-state index contributed by atoms with van der Waals surface area (Å²) in [6.45, 7) is 0. The van der Waals surface area contributed by atoms with Crippen molar-refractivity contribution in [2.24, 2.45) is 10.8 Å². The summed E-state index contributed by atoms with van der Waals surface area (Å²) >= 11 is 0. The summed E-state index contributed by atoms with van der Waals surface area (Å²) in [5, 5.41) is 4.29. The van der Waals surface area contributed by atoms with E-state index in [1.54, 1.807) is 24.4 Å². The zero-order chi connectivity index (χ0) is 12.3. The highest BCUT2D eigenvalue weighted by Crippen LogP contribution is 2.15. The van der Waals surface area contributed by atoms with E-state index in [0.29, 0.717) is 5.52 Å². The van der Waals surface area contributed by atoms with Gasteiger partial charge < -0.3 is 5.73 Å². The van der Waals surface area contributed by atoms with Gasteiger partial charge in [0.05, 0.1) is 11.7 Å². The average molecular weight is 232 g/mol. The molecule has 0 aliphatic heterocycles. The van der Waals surface area contributed by atoms with Crippen molar-refractivity contribution < 1.29 is 9.18 Å². The molecule has 0 fully saturated rings. The number of carbonyl (C=O) groups excluding carboxylic acids is 1. The molecule has 1 heterocycles. The Bertz CT molecular complexity index is 597. The second-order valence-corrected chi connectivity index (χ2v) is 3.30. The van der Waals surface area contributed by atoms with Crippen LogP contribution in [0.25, 0.3) is 10.9 Å². The lowest BCUT2D eigenvalue weighted by Crippen LogP contribution is -2.24. The van der Waals surface area contributed by atoms with Gasteiger partial charge in [-0.25, -0.2) is 14.6 Å². The third-order valence-corrected chi connectivity index (χ3v) is 2.10. The molecule has 1 aromatic carbocycles. The zero-order valence-corrected chi connectivity index (χ0v) is 8.72. The van der Waals surface area contributed by atoms with Gasteiger partial charge in [0.25, 0.3) is 0 Å². The molecule has 0 unspecified atom stereocenters. The quantitative estimate of drug-likeness (QED) is 0.605. The van der Waals surface area contributed by atoms with Gasteiger partial charge in [0.15, 0.2) is 0 Å². The van der Waals surface area contributed by atoms with Crippen molar-refractivity contribution in [1.29, 1.82) is 0 Å². The highest BCUT2D eigenvalue weighted by Gasteiger charge is 2.03. The first kappa shape index (κ1) is 11.0. The van der Waals surface area contributed by atoms with E-state index in [1.807, 2.05) is 5.43 Å². The molecule has 2 amide bonds. The molecule has 1 aromatic heterocycles. The van der Waals surface area contributed by atoms with Crippen molar-refractivity contribution in [3.63, 3.8) is 0 Å². The molecule has 86 valence electrons. The van der Waals surface area contributed by atoms with Gasteiger partial charge in [0, 0.05) is 23.2 Å². The molecule has 3 N–H and O–H groups in total. The third-order valence-electron chi connectivity index (χ3n) is 2.10. The van der Waals surface area contributed by atoms with Gasteiger partial charge >= 0.3 is 6.03 Å². The molecule has 0 aliphatic carbocycles. The van der Waals surface area contributed by atoms with E-state index < -0.39 is 11.8 Å². The lowest BCUT2D eigenvalue weighted by atomic mass is 10.1. The van der Waals surface area contributed by atoms with Crippen LogP contribution in [-0.2, 0) is 0 Å². The van der Waals surface area contributed by atoms with Crippen molar-refractivity contribution in [2.75, 3.05) is 0 Å². The van der Waals surface area contributed by atoms with E-state index in [0.717, 1.165) is 5.39 Å². The Kier molecular flexibility index (Phi) is 2.95. The van der Waals surface area contributed by atoms with E-state index in [1.165, 1.54) is 12.3 Å². The minimum absolute atomic E-state index is 0.249. The summed E-state index contributed by atoms with van der Waals surface area (Å²) in [6.07, 6.45) is 2.77. The summed E-state index contributed by atoms with van der Waals surface area (Å²) in [6, 6.07) is 5.65. The van der Waals surface area contributed by atoms with E-state index in [2.05, 4.69) is 10.1 Å². The van der Waals surface area contributed by atoms with Crippen molar-refractivity contribution in [1.82, 2.24) is 10.4 Å². The van der Waals surface area contributed by atoms with Crippen LogP contribution in [-0.4, -0.2) is 17.2 Å². The molecular weight excluding hydrogens is 223 g/mol. The normalized spacial score (nSPS) is 10.9. The zero-order valence-electron chi connectivity index (χ0n) is 8.72. The number of rotatable bonds is 2. The number of primary amides is 1. The summed E-state index contributed by atoms with van der Waals surface area (Å²) in [4.78, 5) is 14.4. The van der Waals surface area contributed by atoms with Crippen molar-refractivity contribution in [2.45, 2.75) is 0 Å². The first-order valence-corrected chi connectivity index (χ1v) is 4.79. The number of halogens is 1. The van der Waals surface area contributed by atoms with Crippen LogP contribution in [0.2, 0.25) is 0 Å². The largest absolute Gasteiger partial charge is 0.350 e. The van der Waals surface area contributed by atoms with Gasteiger partial charge in [-0.2, -0.15) is 5.10 Å². The molecular formula is C11H9FN4O. The smallest absolute Gasteiger partial charge is 0.332 e. The summed E-state index contributed by atoms with van der Waals surface area (Å²) < 4.78 is 13.6. The maximum atomic E-state index is 13.6. The Labute approximate surface area is 96.1 Å². The standard InChI is InChI=1S/C11H9FN4O/c12-9-5-10-7(2-1-3-14-10)4-8(9)6-15-16-11(13)17/h1-6H,(H3,13,16,17). The maximum absolute atomic E-state index is 13.6. The number of nitrogens with zero attached hydrogens (tertiary/aromatic N) is 2. The minimum atomic E-state index is -0.802. The van der Waals surface area contributed by atoms with Crippen LogP contribution in [0.1, 0.15) is 5.56 Å². The van der Waals surface area contributed by atoms with Gasteiger partial charge in [0.2, 0.25) is 0 Å². The number of hydrogen-bond acceptors (Lipinski definition) is 3. The van der Waals surface area contributed by atoms with Crippen LogP contribution >= 0.6 is 0 Å². The highest BCUT2D eigenvalue weighted by atomic mass is 19.1. The van der Waals surface area contributed by atoms with Crippen LogP contribution in [0.4, 0.5) is 9.18 Å². The molecule has 2 rings (SSSR count). The number of fused-ring (bicyclic) bond motifs is 1. The monoisotopic (exact) mass is 232 g/mol. The maximum Gasteiger partial charge on any atom is 0.332 e. The van der Waals surface area contributed by atoms with E-state index in [-0.39, 0.29) is 5.56 Å². The second-order valence-electron chi connectivity index (χ2n) is 3.30. The molecule has 0 spiro atoms. The molecule has 0 saturated heterocycles. The molecule has 0 aliphatic rings. The number of benzene rings is 1. The fourth-order valence-electron chi connectivity index (χ4n) is 1.38. The third kappa shape index (κ3) is 2.54. The van der Waals surface area contributed by atoms with Gasteiger partial charge in [-0.05, 0) is 12.1 Å². The highest BCUT2D eigenvalue weighted by molar-refractivity contribution is 5.89. The van der Waals surface area contributed by atoms with Crippen molar-refractivity contribution in [3.05, 3.63) is 41.8 Å². The number of pyridine rings is 1. The SMILES string of the molecule is NC(=O)NN=Cc1cc2cccnc2cc1F. The Hall–Kier alpha value is -2.50. The number of nitrogens with one attached hydrogen (secondary N) is 1. The molecule has 17 heavy (non-hydrogen) atoms.